The van der Waals surface area contributed by atoms with Gasteiger partial charge in [0.15, 0.2) is 6.10 Å². The Balaban J connectivity index is 2.28. The number of phosphoric acid groups is 1. The van der Waals surface area contributed by atoms with Gasteiger partial charge in [-0.25, -0.2) is 4.57 Å². The van der Waals surface area contributed by atoms with Crippen molar-refractivity contribution in [2.75, 3.05) is 26.4 Å². The first-order valence-electron chi connectivity index (χ1n) is 19.6. The highest BCUT2D eigenvalue weighted by atomic mass is 31.2. The van der Waals surface area contributed by atoms with Gasteiger partial charge in [0.05, 0.1) is 32.0 Å². The van der Waals surface area contributed by atoms with Gasteiger partial charge >= 0.3 is 19.8 Å². The van der Waals surface area contributed by atoms with Crippen LogP contribution in [0.3, 0.4) is 0 Å². The maximum absolute atomic E-state index is 12.5. The summed E-state index contributed by atoms with van der Waals surface area (Å²) in [5.41, 5.74) is 0. The summed E-state index contributed by atoms with van der Waals surface area (Å²) < 4.78 is 38.4. The molecule has 0 radical (unpaired) electrons. The number of allylic oxidation sites excluding steroid dienone is 1. The fourth-order valence-corrected chi connectivity index (χ4v) is 6.38. The number of hydrogen-bond acceptors (Lipinski definition) is 10. The van der Waals surface area contributed by atoms with Gasteiger partial charge in [-0.05, 0) is 44.4 Å². The lowest BCUT2D eigenvalue weighted by molar-refractivity contribution is -0.161. The van der Waals surface area contributed by atoms with Crippen LogP contribution in [-0.4, -0.2) is 77.9 Å². The lowest BCUT2D eigenvalue weighted by Gasteiger charge is -2.20. The van der Waals surface area contributed by atoms with Crippen LogP contribution in [0.2, 0.25) is 0 Å². The van der Waals surface area contributed by atoms with Crippen molar-refractivity contribution in [2.45, 2.75) is 186 Å². The molecule has 0 aromatic rings. The molecule has 1 fully saturated rings. The summed E-state index contributed by atoms with van der Waals surface area (Å²) in [4.78, 5) is 34.9. The van der Waals surface area contributed by atoms with Crippen LogP contribution >= 0.6 is 7.82 Å². The van der Waals surface area contributed by atoms with Crippen LogP contribution in [0.25, 0.3) is 0 Å². The van der Waals surface area contributed by atoms with E-state index in [9.17, 15) is 24.2 Å². The third-order valence-corrected chi connectivity index (χ3v) is 9.72. The fourth-order valence-electron chi connectivity index (χ4n) is 5.60. The normalized spacial score (nSPS) is 18.3. The lowest BCUT2D eigenvalue weighted by atomic mass is 10.0. The lowest BCUT2D eigenvalue weighted by Crippen LogP contribution is -2.29. The molecule has 1 heterocycles. The smallest absolute Gasteiger partial charge is 0.462 e. The second-order valence-electron chi connectivity index (χ2n) is 14.2. The van der Waals surface area contributed by atoms with E-state index in [0.717, 1.165) is 70.1 Å². The van der Waals surface area contributed by atoms with Crippen LogP contribution in [0.4, 0.5) is 0 Å². The van der Waals surface area contributed by atoms with Gasteiger partial charge in [0.1, 0.15) is 12.7 Å². The summed E-state index contributed by atoms with van der Waals surface area (Å²) >= 11 is 0. The molecular formula is C38H71O11P. The molecule has 12 heteroatoms. The summed E-state index contributed by atoms with van der Waals surface area (Å²) in [6.07, 6.45) is 25.0. The molecule has 0 aliphatic carbocycles. The van der Waals surface area contributed by atoms with Crippen molar-refractivity contribution in [1.82, 2.24) is 0 Å². The van der Waals surface area contributed by atoms with Crippen LogP contribution in [0, 0.1) is 5.92 Å². The summed E-state index contributed by atoms with van der Waals surface area (Å²) in [7, 11) is -4.61. The molecule has 0 spiro atoms. The first-order valence-corrected chi connectivity index (χ1v) is 21.1. The Kier molecular flexibility index (Phi) is 28.2. The molecule has 1 aliphatic heterocycles. The minimum absolute atomic E-state index is 0.179. The fraction of sp³-hybridized carbons (Fsp3) is 0.895. The molecule has 294 valence electrons. The minimum Gasteiger partial charge on any atom is -0.462 e. The molecule has 50 heavy (non-hydrogen) atoms. The molecule has 0 aromatic heterocycles. The molecule has 0 amide bonds. The van der Waals surface area contributed by atoms with Crippen LogP contribution in [0.1, 0.15) is 162 Å². The summed E-state index contributed by atoms with van der Waals surface area (Å²) in [5.74, 6) is -0.194. The second kappa shape index (κ2) is 30.2. The first-order chi connectivity index (χ1) is 24.1. The highest BCUT2D eigenvalue weighted by Crippen LogP contribution is 2.43. The number of carbonyl (C=O) groups excluding carboxylic acids is 2. The zero-order valence-corrected chi connectivity index (χ0v) is 32.4. The molecule has 1 aliphatic rings. The summed E-state index contributed by atoms with van der Waals surface area (Å²) in [5, 5.41) is 18.3. The molecule has 0 bridgehead atoms. The highest BCUT2D eigenvalue weighted by Gasteiger charge is 2.36. The Labute approximate surface area is 302 Å². The Bertz CT molecular complexity index is 928. The van der Waals surface area contributed by atoms with E-state index in [0.29, 0.717) is 25.0 Å². The van der Waals surface area contributed by atoms with E-state index in [1.807, 2.05) is 0 Å². The van der Waals surface area contributed by atoms with E-state index >= 15 is 0 Å². The Hall–Kier alpha value is -1.33. The molecule has 5 atom stereocenters. The second-order valence-corrected chi connectivity index (χ2v) is 15.6. The molecule has 0 aromatic carbocycles. The van der Waals surface area contributed by atoms with Crippen molar-refractivity contribution in [1.29, 1.82) is 0 Å². The molecule has 1 saturated heterocycles. The summed E-state index contributed by atoms with van der Waals surface area (Å²) in [6, 6.07) is 0. The molecule has 0 saturated carbocycles. The van der Waals surface area contributed by atoms with Gasteiger partial charge in [0.25, 0.3) is 0 Å². The molecule has 3 unspecified atom stereocenters. The maximum atomic E-state index is 12.5. The standard InChI is InChI=1S/C38H71O11P/c1-4-5-6-7-14-19-24-35-36(49-35)25-20-15-12-17-21-26-37(41)45-30-34(31-47-50(43,44)46-29-33(40)28-39)48-38(42)27-22-16-11-9-8-10-13-18-23-32(2)3/h14,19,32-36,39-40H,4-13,15-18,20-31H2,1-3H3,(H,43,44)/b19-14-/t33-,34+,35?,36?/m0/s1. The zero-order valence-electron chi connectivity index (χ0n) is 31.5. The largest absolute Gasteiger partial charge is 0.472 e. The van der Waals surface area contributed by atoms with Crippen LogP contribution in [-0.2, 0) is 37.4 Å². The molecule has 1 rings (SSSR count). The van der Waals surface area contributed by atoms with Crippen LogP contribution in [0.5, 0.6) is 0 Å². The molecular weight excluding hydrogens is 663 g/mol. The number of phosphoric ester groups is 1. The van der Waals surface area contributed by atoms with Crippen molar-refractivity contribution < 1.29 is 52.5 Å². The van der Waals surface area contributed by atoms with Gasteiger partial charge in [-0.1, -0.05) is 123 Å². The number of aliphatic hydroxyl groups excluding tert-OH is 2. The van der Waals surface area contributed by atoms with Gasteiger partial charge in [0, 0.05) is 12.8 Å². The number of carbonyl (C=O) groups is 2. The number of hydrogen-bond donors (Lipinski definition) is 3. The van der Waals surface area contributed by atoms with Crippen molar-refractivity contribution >= 4 is 19.8 Å². The Morgan fingerprint density at radius 1 is 0.760 bits per heavy atom. The highest BCUT2D eigenvalue weighted by molar-refractivity contribution is 7.47. The van der Waals surface area contributed by atoms with Crippen LogP contribution < -0.4 is 0 Å². The predicted molar refractivity (Wildman–Crippen MR) is 196 cm³/mol. The van der Waals surface area contributed by atoms with Crippen molar-refractivity contribution in [3.8, 4) is 0 Å². The quantitative estimate of drug-likeness (QED) is 0.0188. The number of esters is 2. The third kappa shape index (κ3) is 28.3. The number of rotatable bonds is 35. The average Bonchev–Trinajstić information content (AvgIpc) is 3.84. The molecule has 11 nitrogen and oxygen atoms in total. The maximum Gasteiger partial charge on any atom is 0.472 e. The van der Waals surface area contributed by atoms with Gasteiger partial charge in [-0.3, -0.25) is 18.6 Å². The Morgan fingerprint density at radius 2 is 1.36 bits per heavy atom. The topological polar surface area (TPSA) is 161 Å². The van der Waals surface area contributed by atoms with E-state index in [2.05, 4.69) is 37.4 Å². The van der Waals surface area contributed by atoms with Gasteiger partial charge < -0.3 is 29.3 Å². The van der Waals surface area contributed by atoms with E-state index in [4.69, 9.17) is 23.8 Å². The van der Waals surface area contributed by atoms with Gasteiger partial charge in [-0.2, -0.15) is 0 Å². The van der Waals surface area contributed by atoms with Gasteiger partial charge in [0.2, 0.25) is 0 Å². The zero-order chi connectivity index (χ0) is 36.9. The minimum atomic E-state index is -4.61. The SMILES string of the molecule is CCCCC/C=C\CC1OC1CCCCCCCC(=O)OC[C@H](COP(=O)(O)OC[C@@H](O)CO)OC(=O)CCCCCCCCCCC(C)C. The van der Waals surface area contributed by atoms with E-state index < -0.39 is 51.8 Å². The van der Waals surface area contributed by atoms with Crippen molar-refractivity contribution in [3.05, 3.63) is 12.2 Å². The molecule has 3 N–H and O–H groups in total. The van der Waals surface area contributed by atoms with E-state index in [1.165, 1.54) is 51.4 Å². The number of aliphatic hydroxyl groups is 2. The first kappa shape index (κ1) is 46.7. The van der Waals surface area contributed by atoms with Crippen LogP contribution in [0.15, 0.2) is 12.2 Å². The number of unbranched alkanes of at least 4 members (excludes halogenated alkanes) is 14. The Morgan fingerprint density at radius 3 is 2.00 bits per heavy atom. The van der Waals surface area contributed by atoms with E-state index in [-0.39, 0.29) is 19.4 Å². The number of epoxide rings is 1. The van der Waals surface area contributed by atoms with Crippen molar-refractivity contribution in [2.24, 2.45) is 5.92 Å². The predicted octanol–water partition coefficient (Wildman–Crippen LogP) is 8.51. The van der Waals surface area contributed by atoms with Crippen molar-refractivity contribution in [3.63, 3.8) is 0 Å². The third-order valence-electron chi connectivity index (χ3n) is 8.77. The van der Waals surface area contributed by atoms with Gasteiger partial charge in [-0.15, -0.1) is 0 Å². The average molecular weight is 735 g/mol. The monoisotopic (exact) mass is 734 g/mol. The van der Waals surface area contributed by atoms with E-state index in [1.54, 1.807) is 0 Å². The summed E-state index contributed by atoms with van der Waals surface area (Å²) in [6.45, 7) is 4.58. The number of ether oxygens (including phenoxy) is 3.